The van der Waals surface area contributed by atoms with Crippen LogP contribution >= 0.6 is 15.9 Å². The van der Waals surface area contributed by atoms with Gasteiger partial charge in [0.05, 0.1) is 6.54 Å². The van der Waals surface area contributed by atoms with Gasteiger partial charge in [-0.2, -0.15) is 0 Å². The summed E-state index contributed by atoms with van der Waals surface area (Å²) in [4.78, 5) is 23.0. The van der Waals surface area contributed by atoms with Gasteiger partial charge in [-0.15, -0.1) is 0 Å². The highest BCUT2D eigenvalue weighted by atomic mass is 79.9. The van der Waals surface area contributed by atoms with Crippen LogP contribution in [0.15, 0.2) is 22.7 Å². The number of hydrogen-bond donors (Lipinski definition) is 3. The van der Waals surface area contributed by atoms with Crippen molar-refractivity contribution in [2.24, 2.45) is 5.92 Å². The molecule has 0 bridgehead atoms. The van der Waals surface area contributed by atoms with Crippen molar-refractivity contribution >= 4 is 33.5 Å². The fourth-order valence-corrected chi connectivity index (χ4v) is 2.40. The van der Waals surface area contributed by atoms with Crippen molar-refractivity contribution in [2.45, 2.75) is 33.2 Å². The minimum absolute atomic E-state index is 0.0286. The molecular weight excluding hydrogens is 336 g/mol. The number of halogens is 1. The van der Waals surface area contributed by atoms with E-state index in [-0.39, 0.29) is 18.4 Å². The molecule has 6 heteroatoms. The van der Waals surface area contributed by atoms with Crippen LogP contribution in [-0.2, 0) is 9.59 Å². The highest BCUT2D eigenvalue weighted by molar-refractivity contribution is 9.10. The van der Waals surface area contributed by atoms with E-state index in [0.717, 1.165) is 15.7 Å². The molecule has 0 aliphatic carbocycles. The van der Waals surface area contributed by atoms with E-state index in [1.807, 2.05) is 32.9 Å². The quantitative estimate of drug-likeness (QED) is 0.701. The second-order valence-corrected chi connectivity index (χ2v) is 6.32. The maximum Gasteiger partial charge on any atom is 0.320 e. The van der Waals surface area contributed by atoms with Crippen molar-refractivity contribution in [3.8, 4) is 0 Å². The zero-order chi connectivity index (χ0) is 16.0. The van der Waals surface area contributed by atoms with Crippen molar-refractivity contribution in [2.75, 3.05) is 11.9 Å². The molecule has 1 aromatic rings. The summed E-state index contributed by atoms with van der Waals surface area (Å²) in [5, 5.41) is 14.7. The van der Waals surface area contributed by atoms with E-state index in [4.69, 9.17) is 5.11 Å². The number of aryl methyl sites for hydroxylation is 1. The number of hydrogen-bond acceptors (Lipinski definition) is 3. The molecule has 1 rings (SSSR count). The van der Waals surface area contributed by atoms with E-state index in [2.05, 4.69) is 26.6 Å². The SMILES string of the molecule is Cc1cc(Br)ccc1NC(=O)CNC(CC(C)C)C(=O)O. The number of carboxylic acid groups (broad SMARTS) is 1. The van der Waals surface area contributed by atoms with E-state index >= 15 is 0 Å². The lowest BCUT2D eigenvalue weighted by Crippen LogP contribution is -2.42. The van der Waals surface area contributed by atoms with Crippen molar-refractivity contribution in [1.29, 1.82) is 0 Å². The van der Waals surface area contributed by atoms with E-state index in [9.17, 15) is 9.59 Å². The van der Waals surface area contributed by atoms with Gasteiger partial charge in [-0.05, 0) is 43.0 Å². The maximum absolute atomic E-state index is 11.9. The molecule has 1 amide bonds. The van der Waals surface area contributed by atoms with Gasteiger partial charge in [-0.1, -0.05) is 29.8 Å². The van der Waals surface area contributed by atoms with E-state index in [1.165, 1.54) is 0 Å². The molecule has 21 heavy (non-hydrogen) atoms. The predicted octanol–water partition coefficient (Wildman–Crippen LogP) is 2.78. The normalized spacial score (nSPS) is 12.2. The van der Waals surface area contributed by atoms with Crippen LogP contribution in [-0.4, -0.2) is 29.6 Å². The molecule has 0 aliphatic heterocycles. The molecular formula is C15H21BrN2O3. The van der Waals surface area contributed by atoms with Crippen LogP contribution in [0.3, 0.4) is 0 Å². The van der Waals surface area contributed by atoms with Crippen LogP contribution in [0.1, 0.15) is 25.8 Å². The molecule has 0 aliphatic rings. The first-order valence-corrected chi connectivity index (χ1v) is 7.61. The van der Waals surface area contributed by atoms with Gasteiger partial charge in [-0.3, -0.25) is 14.9 Å². The van der Waals surface area contributed by atoms with Crippen LogP contribution in [0.25, 0.3) is 0 Å². The predicted molar refractivity (Wildman–Crippen MR) is 86.4 cm³/mol. The highest BCUT2D eigenvalue weighted by Crippen LogP contribution is 2.19. The van der Waals surface area contributed by atoms with Crippen molar-refractivity contribution in [1.82, 2.24) is 5.32 Å². The largest absolute Gasteiger partial charge is 0.480 e. The lowest BCUT2D eigenvalue weighted by atomic mass is 10.0. The molecule has 0 saturated heterocycles. The fraction of sp³-hybridized carbons (Fsp3) is 0.467. The van der Waals surface area contributed by atoms with Crippen LogP contribution in [0, 0.1) is 12.8 Å². The summed E-state index contributed by atoms with van der Waals surface area (Å²) in [5.74, 6) is -0.942. The van der Waals surface area contributed by atoms with Gasteiger partial charge in [0.2, 0.25) is 5.91 Å². The molecule has 116 valence electrons. The van der Waals surface area contributed by atoms with Gasteiger partial charge in [0.15, 0.2) is 0 Å². The smallest absolute Gasteiger partial charge is 0.320 e. The molecule has 0 aromatic heterocycles. The molecule has 0 saturated carbocycles. The van der Waals surface area contributed by atoms with Gasteiger partial charge in [0.25, 0.3) is 0 Å². The third-order valence-corrected chi connectivity index (χ3v) is 3.47. The number of nitrogens with one attached hydrogen (secondary N) is 2. The number of carbonyl (C=O) groups is 2. The van der Waals surface area contributed by atoms with Gasteiger partial charge < -0.3 is 10.4 Å². The fourth-order valence-electron chi connectivity index (χ4n) is 1.92. The third-order valence-electron chi connectivity index (χ3n) is 2.98. The molecule has 0 heterocycles. The Balaban J connectivity index is 2.54. The van der Waals surface area contributed by atoms with Crippen LogP contribution in [0.2, 0.25) is 0 Å². The van der Waals surface area contributed by atoms with Gasteiger partial charge >= 0.3 is 5.97 Å². The Morgan fingerprint density at radius 1 is 1.33 bits per heavy atom. The first kappa shape index (κ1) is 17.7. The van der Waals surface area contributed by atoms with Crippen molar-refractivity contribution in [3.63, 3.8) is 0 Å². The summed E-state index contributed by atoms with van der Waals surface area (Å²) in [6.45, 7) is 5.76. The number of rotatable bonds is 7. The molecule has 0 fully saturated rings. The molecule has 5 nitrogen and oxygen atoms in total. The zero-order valence-electron chi connectivity index (χ0n) is 12.4. The molecule has 1 unspecified atom stereocenters. The van der Waals surface area contributed by atoms with E-state index < -0.39 is 12.0 Å². The maximum atomic E-state index is 11.9. The second-order valence-electron chi connectivity index (χ2n) is 5.41. The topological polar surface area (TPSA) is 78.4 Å². The second kappa shape index (κ2) is 8.14. The Morgan fingerprint density at radius 2 is 2.00 bits per heavy atom. The van der Waals surface area contributed by atoms with Gasteiger partial charge in [0.1, 0.15) is 6.04 Å². The van der Waals surface area contributed by atoms with Crippen LogP contribution in [0.5, 0.6) is 0 Å². The Kier molecular flexibility index (Phi) is 6.84. The standard InChI is InChI=1S/C15H21BrN2O3/c1-9(2)6-13(15(20)21)17-8-14(19)18-12-5-4-11(16)7-10(12)3/h4-5,7,9,13,17H,6,8H2,1-3H3,(H,18,19)(H,20,21). The highest BCUT2D eigenvalue weighted by Gasteiger charge is 2.19. The summed E-state index contributed by atoms with van der Waals surface area (Å²) in [7, 11) is 0. The lowest BCUT2D eigenvalue weighted by Gasteiger charge is -2.16. The third kappa shape index (κ3) is 6.27. The summed E-state index contributed by atoms with van der Waals surface area (Å²) >= 11 is 3.36. The molecule has 0 spiro atoms. The summed E-state index contributed by atoms with van der Waals surface area (Å²) < 4.78 is 0.944. The average Bonchev–Trinajstić information content (AvgIpc) is 2.37. The molecule has 1 aromatic carbocycles. The summed E-state index contributed by atoms with van der Waals surface area (Å²) in [6.07, 6.45) is 0.486. The van der Waals surface area contributed by atoms with E-state index in [1.54, 1.807) is 6.07 Å². The first-order valence-electron chi connectivity index (χ1n) is 6.81. The van der Waals surface area contributed by atoms with Gasteiger partial charge in [0, 0.05) is 10.2 Å². The number of amides is 1. The number of anilines is 1. The zero-order valence-corrected chi connectivity index (χ0v) is 14.0. The molecule has 1 atom stereocenters. The minimum Gasteiger partial charge on any atom is -0.480 e. The van der Waals surface area contributed by atoms with E-state index in [0.29, 0.717) is 6.42 Å². The van der Waals surface area contributed by atoms with Crippen LogP contribution < -0.4 is 10.6 Å². The average molecular weight is 357 g/mol. The van der Waals surface area contributed by atoms with Crippen molar-refractivity contribution < 1.29 is 14.7 Å². The number of carboxylic acids is 1. The summed E-state index contributed by atoms with van der Waals surface area (Å²) in [6, 6.07) is 4.85. The lowest BCUT2D eigenvalue weighted by molar-refractivity contribution is -0.139. The molecule has 3 N–H and O–H groups in total. The Hall–Kier alpha value is -1.40. The summed E-state index contributed by atoms with van der Waals surface area (Å²) in [5.41, 5.74) is 1.66. The van der Waals surface area contributed by atoms with Crippen molar-refractivity contribution in [3.05, 3.63) is 28.2 Å². The number of benzene rings is 1. The Morgan fingerprint density at radius 3 is 2.52 bits per heavy atom. The first-order chi connectivity index (χ1) is 9.79. The number of carbonyl (C=O) groups excluding carboxylic acids is 1. The molecule has 0 radical (unpaired) electrons. The number of aliphatic carboxylic acids is 1. The Bertz CT molecular complexity index is 518. The minimum atomic E-state index is -0.934. The monoisotopic (exact) mass is 356 g/mol. The Labute approximate surface area is 133 Å². The van der Waals surface area contributed by atoms with Crippen LogP contribution in [0.4, 0.5) is 5.69 Å². The van der Waals surface area contributed by atoms with Gasteiger partial charge in [-0.25, -0.2) is 0 Å².